The molecule has 1 amide bonds. The van der Waals surface area contributed by atoms with Gasteiger partial charge in [0.1, 0.15) is 18.0 Å². The number of methoxy groups -OCH3 is 1. The van der Waals surface area contributed by atoms with Gasteiger partial charge in [-0.25, -0.2) is 9.37 Å². The van der Waals surface area contributed by atoms with Crippen molar-refractivity contribution in [1.29, 1.82) is 0 Å². The van der Waals surface area contributed by atoms with E-state index in [1.54, 1.807) is 12.1 Å². The van der Waals surface area contributed by atoms with Crippen LogP contribution < -0.4 is 15.4 Å². The van der Waals surface area contributed by atoms with Crippen LogP contribution in [-0.4, -0.2) is 54.0 Å². The van der Waals surface area contributed by atoms with Gasteiger partial charge in [0.05, 0.1) is 17.7 Å². The summed E-state index contributed by atoms with van der Waals surface area (Å²) in [6.07, 6.45) is 11.4. The van der Waals surface area contributed by atoms with Gasteiger partial charge >= 0.3 is 0 Å². The summed E-state index contributed by atoms with van der Waals surface area (Å²) in [6.45, 7) is 6.69. The van der Waals surface area contributed by atoms with Crippen LogP contribution in [0.25, 0.3) is 0 Å². The molecule has 0 saturated heterocycles. The molecule has 2 aromatic rings. The van der Waals surface area contributed by atoms with Crippen molar-refractivity contribution in [3.8, 4) is 18.2 Å². The van der Waals surface area contributed by atoms with E-state index in [1.165, 1.54) is 13.2 Å². The topological polar surface area (TPSA) is 92.7 Å². The van der Waals surface area contributed by atoms with Gasteiger partial charge in [-0.2, -0.15) is 0 Å². The van der Waals surface area contributed by atoms with E-state index in [9.17, 15) is 14.3 Å². The number of nitrogens with zero attached hydrogens (tertiary/aromatic N) is 1. The zero-order valence-corrected chi connectivity index (χ0v) is 23.4. The summed E-state index contributed by atoms with van der Waals surface area (Å²) in [5.41, 5.74) is 2.90. The Balaban J connectivity index is 1.52. The van der Waals surface area contributed by atoms with Crippen molar-refractivity contribution in [1.82, 2.24) is 15.6 Å². The molecule has 2 heterocycles. The second-order valence-electron chi connectivity index (χ2n) is 12.1. The SMILES string of the molecule is C#Cc1cc(CC(NC(=O)COC)[C@H](O)CN[C@H]2CC3(CCC3)Oc3ncc(CC(C)(C)C)cc32)ccc1F. The van der Waals surface area contributed by atoms with Crippen LogP contribution in [0.15, 0.2) is 30.5 Å². The van der Waals surface area contributed by atoms with Crippen LogP contribution in [0.4, 0.5) is 4.39 Å². The number of hydrogen-bond donors (Lipinski definition) is 3. The molecule has 3 N–H and O–H groups in total. The van der Waals surface area contributed by atoms with Gasteiger partial charge in [-0.15, -0.1) is 6.42 Å². The number of aliphatic hydroxyl groups excluding tert-OH is 1. The predicted octanol–water partition coefficient (Wildman–Crippen LogP) is 3.86. The van der Waals surface area contributed by atoms with Crippen molar-refractivity contribution >= 4 is 5.91 Å². The highest BCUT2D eigenvalue weighted by atomic mass is 19.1. The standard InChI is InChI=1S/C31H40FN3O4/c1-6-22-12-20(8-9-24(22)32)14-25(35-28(37)19-38-5)27(36)18-33-26-16-31(10-7-11-31)39-29-23(26)13-21(17-34-29)15-30(2,3)4/h1,8-9,12-13,17,25-27,33,36H,7,10-11,14-16,18-19H2,2-5H3,(H,35,37)/t25?,26-,27+/m0/s1. The zero-order chi connectivity index (χ0) is 28.2. The number of benzene rings is 1. The smallest absolute Gasteiger partial charge is 0.246 e. The van der Waals surface area contributed by atoms with Crippen LogP contribution in [0.1, 0.15) is 74.8 Å². The molecular formula is C31H40FN3O4. The Morgan fingerprint density at radius 1 is 1.33 bits per heavy atom. The van der Waals surface area contributed by atoms with E-state index in [0.29, 0.717) is 11.4 Å². The molecule has 210 valence electrons. The summed E-state index contributed by atoms with van der Waals surface area (Å²) in [5.74, 6) is 2.17. The minimum atomic E-state index is -0.931. The molecule has 1 aliphatic carbocycles. The number of terminal acetylenes is 1. The average molecular weight is 538 g/mol. The maximum Gasteiger partial charge on any atom is 0.246 e. The Morgan fingerprint density at radius 3 is 2.74 bits per heavy atom. The molecule has 1 unspecified atom stereocenters. The summed E-state index contributed by atoms with van der Waals surface area (Å²) < 4.78 is 25.3. The summed E-state index contributed by atoms with van der Waals surface area (Å²) in [5, 5.41) is 17.7. The Labute approximate surface area is 230 Å². The summed E-state index contributed by atoms with van der Waals surface area (Å²) in [4.78, 5) is 17.1. The van der Waals surface area contributed by atoms with E-state index in [2.05, 4.69) is 48.4 Å². The van der Waals surface area contributed by atoms with Crippen LogP contribution in [0.5, 0.6) is 5.88 Å². The third-order valence-electron chi connectivity index (χ3n) is 7.50. The normalized spacial score (nSPS) is 19.3. The van der Waals surface area contributed by atoms with Gasteiger partial charge in [-0.05, 0) is 66.8 Å². The maximum absolute atomic E-state index is 13.9. The molecule has 3 atom stereocenters. The predicted molar refractivity (Wildman–Crippen MR) is 148 cm³/mol. The molecule has 1 spiro atoms. The second-order valence-corrected chi connectivity index (χ2v) is 12.1. The number of amides is 1. The number of ether oxygens (including phenoxy) is 2. The van der Waals surface area contributed by atoms with Gasteiger partial charge in [0.15, 0.2) is 0 Å². The first kappa shape index (κ1) is 29.0. The molecule has 1 aromatic carbocycles. The van der Waals surface area contributed by atoms with E-state index in [1.807, 2.05) is 6.20 Å². The molecule has 7 nitrogen and oxygen atoms in total. The quantitative estimate of drug-likeness (QED) is 0.399. The molecule has 1 fully saturated rings. The first-order chi connectivity index (χ1) is 18.5. The maximum atomic E-state index is 13.9. The number of hydrogen-bond acceptors (Lipinski definition) is 6. The fraction of sp³-hybridized carbons (Fsp3) is 0.548. The fourth-order valence-corrected chi connectivity index (χ4v) is 5.48. The number of fused-ring (bicyclic) bond motifs is 1. The van der Waals surface area contributed by atoms with Crippen LogP contribution >= 0.6 is 0 Å². The van der Waals surface area contributed by atoms with Gasteiger partial charge in [-0.3, -0.25) is 4.79 Å². The molecule has 4 rings (SSSR count). The van der Waals surface area contributed by atoms with Crippen LogP contribution in [0.2, 0.25) is 0 Å². The van der Waals surface area contributed by atoms with E-state index < -0.39 is 18.0 Å². The molecular weight excluding hydrogens is 497 g/mol. The summed E-state index contributed by atoms with van der Waals surface area (Å²) in [6, 6.07) is 5.97. The van der Waals surface area contributed by atoms with Crippen molar-refractivity contribution in [2.45, 2.75) is 83.1 Å². The van der Waals surface area contributed by atoms with Crippen LogP contribution in [0.3, 0.4) is 0 Å². The lowest BCUT2D eigenvalue weighted by atomic mass is 9.73. The highest BCUT2D eigenvalue weighted by Gasteiger charge is 2.46. The van der Waals surface area contributed by atoms with Crippen LogP contribution in [-0.2, 0) is 22.4 Å². The van der Waals surface area contributed by atoms with E-state index >= 15 is 0 Å². The average Bonchev–Trinajstić information content (AvgIpc) is 2.86. The third-order valence-corrected chi connectivity index (χ3v) is 7.50. The molecule has 1 aromatic heterocycles. The van der Waals surface area contributed by atoms with Gasteiger partial charge in [0, 0.05) is 37.9 Å². The first-order valence-electron chi connectivity index (χ1n) is 13.6. The molecule has 1 aliphatic heterocycles. The summed E-state index contributed by atoms with van der Waals surface area (Å²) in [7, 11) is 1.44. The number of carbonyl (C=O) groups excluding carboxylic acids is 1. The lowest BCUT2D eigenvalue weighted by molar-refractivity contribution is -0.126. The van der Waals surface area contributed by atoms with Crippen molar-refractivity contribution in [3.05, 3.63) is 58.5 Å². The monoisotopic (exact) mass is 537 g/mol. The van der Waals surface area contributed by atoms with E-state index in [0.717, 1.165) is 43.2 Å². The Hall–Kier alpha value is -2.99. The Kier molecular flexibility index (Phi) is 8.95. The zero-order valence-electron chi connectivity index (χ0n) is 23.4. The third kappa shape index (κ3) is 7.36. The van der Waals surface area contributed by atoms with Gasteiger partial charge < -0.3 is 25.2 Å². The van der Waals surface area contributed by atoms with Crippen LogP contribution in [0, 0.1) is 23.6 Å². The number of nitrogens with one attached hydrogen (secondary N) is 2. The van der Waals surface area contributed by atoms with Crippen molar-refractivity contribution in [2.75, 3.05) is 20.3 Å². The number of rotatable bonds is 10. The largest absolute Gasteiger partial charge is 0.471 e. The number of aliphatic hydroxyl groups is 1. The van der Waals surface area contributed by atoms with E-state index in [4.69, 9.17) is 15.9 Å². The van der Waals surface area contributed by atoms with Crippen molar-refractivity contribution in [2.24, 2.45) is 5.41 Å². The minimum absolute atomic E-state index is 0.0506. The summed E-state index contributed by atoms with van der Waals surface area (Å²) >= 11 is 0. The molecule has 39 heavy (non-hydrogen) atoms. The van der Waals surface area contributed by atoms with Crippen molar-refractivity contribution < 1.29 is 23.8 Å². The number of pyridine rings is 1. The first-order valence-corrected chi connectivity index (χ1v) is 13.6. The lowest BCUT2D eigenvalue weighted by Crippen LogP contribution is -2.52. The number of carbonyl (C=O) groups is 1. The Morgan fingerprint density at radius 2 is 2.10 bits per heavy atom. The molecule has 2 aliphatic rings. The highest BCUT2D eigenvalue weighted by molar-refractivity contribution is 5.77. The molecule has 0 bridgehead atoms. The van der Waals surface area contributed by atoms with E-state index in [-0.39, 0.29) is 48.1 Å². The highest BCUT2D eigenvalue weighted by Crippen LogP contribution is 2.48. The molecule has 8 heteroatoms. The van der Waals surface area contributed by atoms with Gasteiger partial charge in [0.2, 0.25) is 11.8 Å². The fourth-order valence-electron chi connectivity index (χ4n) is 5.48. The Bertz CT molecular complexity index is 1220. The number of halogens is 1. The molecule has 0 radical (unpaired) electrons. The van der Waals surface area contributed by atoms with Gasteiger partial charge in [0.25, 0.3) is 0 Å². The molecule has 1 saturated carbocycles. The number of aromatic nitrogens is 1. The van der Waals surface area contributed by atoms with Gasteiger partial charge in [-0.1, -0.05) is 32.8 Å². The van der Waals surface area contributed by atoms with Crippen molar-refractivity contribution in [3.63, 3.8) is 0 Å². The minimum Gasteiger partial charge on any atom is -0.471 e. The lowest BCUT2D eigenvalue weighted by Gasteiger charge is -2.47. The second kappa shape index (κ2) is 12.0.